The number of hydrogen-bond acceptors (Lipinski definition) is 2. The minimum Gasteiger partial charge on any atom is -0.481 e. The second-order valence-corrected chi connectivity index (χ2v) is 1.40. The van der Waals surface area contributed by atoms with Gasteiger partial charge in [-0.1, -0.05) is 0 Å². The summed E-state index contributed by atoms with van der Waals surface area (Å²) in [7, 11) is 0. The Morgan fingerprint density at radius 3 is 1.44 bits per heavy atom. The molecule has 4 nitrogen and oxygen atoms in total. The first-order valence-electron chi connectivity index (χ1n) is 2.01. The Balaban J connectivity index is 0. The molecule has 0 aliphatic carbocycles. The molecule has 0 amide bonds. The van der Waals surface area contributed by atoms with E-state index >= 15 is 0 Å². The van der Waals surface area contributed by atoms with Gasteiger partial charge in [-0.3, -0.25) is 9.59 Å². The molecule has 0 aliphatic heterocycles. The average molecular weight is 155 g/mol. The lowest BCUT2D eigenvalue weighted by atomic mass is 10.2. The zero-order valence-electron chi connectivity index (χ0n) is 4.70. The van der Waals surface area contributed by atoms with Crippen molar-refractivity contribution in [2.45, 2.75) is 6.92 Å². The van der Waals surface area contributed by atoms with E-state index in [0.717, 1.165) is 6.92 Å². The number of rotatable bonds is 2. The Bertz CT molecular complexity index is 108. The molecule has 0 atom stereocenters. The summed E-state index contributed by atoms with van der Waals surface area (Å²) in [5.41, 5.74) is 0. The second-order valence-electron chi connectivity index (χ2n) is 1.40. The standard InChI is InChI=1S/C4H6O4.ClH/c1-2(3(5)6)4(7)8;/h2H,1H3,(H,5,6)(H,7,8);1H. The van der Waals surface area contributed by atoms with E-state index in [9.17, 15) is 9.59 Å². The minimum absolute atomic E-state index is 0. The van der Waals surface area contributed by atoms with Crippen molar-refractivity contribution in [3.63, 3.8) is 0 Å². The Morgan fingerprint density at radius 1 is 1.22 bits per heavy atom. The molecule has 0 unspecified atom stereocenters. The van der Waals surface area contributed by atoms with Crippen LogP contribution >= 0.6 is 12.4 Å². The van der Waals surface area contributed by atoms with E-state index in [2.05, 4.69) is 0 Å². The van der Waals surface area contributed by atoms with Crippen LogP contribution in [0.5, 0.6) is 0 Å². The lowest BCUT2D eigenvalue weighted by Gasteiger charge is -1.94. The van der Waals surface area contributed by atoms with Crippen LogP contribution in [0, 0.1) is 5.92 Å². The van der Waals surface area contributed by atoms with Gasteiger partial charge in [0.25, 0.3) is 0 Å². The first kappa shape index (κ1) is 11.1. The van der Waals surface area contributed by atoms with E-state index in [1.807, 2.05) is 0 Å². The van der Waals surface area contributed by atoms with Crippen molar-refractivity contribution in [2.75, 3.05) is 0 Å². The third-order valence-electron chi connectivity index (χ3n) is 0.741. The summed E-state index contributed by atoms with van der Waals surface area (Å²) in [5.74, 6) is -3.91. The largest absolute Gasteiger partial charge is 0.481 e. The van der Waals surface area contributed by atoms with Gasteiger partial charge in [-0.2, -0.15) is 0 Å². The Kier molecular flexibility index (Phi) is 5.10. The summed E-state index contributed by atoms with van der Waals surface area (Å²) in [6, 6.07) is 0. The van der Waals surface area contributed by atoms with Crippen LogP contribution in [0.2, 0.25) is 0 Å². The highest BCUT2D eigenvalue weighted by molar-refractivity contribution is 5.92. The topological polar surface area (TPSA) is 74.6 Å². The summed E-state index contributed by atoms with van der Waals surface area (Å²) in [4.78, 5) is 19.5. The van der Waals surface area contributed by atoms with E-state index in [4.69, 9.17) is 10.2 Å². The summed E-state index contributed by atoms with van der Waals surface area (Å²) in [6.07, 6.45) is 0. The Hall–Kier alpha value is -0.770. The van der Waals surface area contributed by atoms with Gasteiger partial charge in [-0.05, 0) is 6.92 Å². The quantitative estimate of drug-likeness (QED) is 0.558. The maximum absolute atomic E-state index is 9.76. The normalized spacial score (nSPS) is 8.22. The van der Waals surface area contributed by atoms with E-state index in [0.29, 0.717) is 0 Å². The molecule has 0 aromatic rings. The van der Waals surface area contributed by atoms with Crippen molar-refractivity contribution in [2.24, 2.45) is 5.92 Å². The molecule has 0 aromatic carbocycles. The smallest absolute Gasteiger partial charge is 0.317 e. The van der Waals surface area contributed by atoms with Gasteiger partial charge in [0, 0.05) is 0 Å². The van der Waals surface area contributed by atoms with Gasteiger partial charge in [0.2, 0.25) is 0 Å². The number of carbonyl (C=O) groups is 2. The zero-order chi connectivity index (χ0) is 6.73. The monoisotopic (exact) mass is 154 g/mol. The van der Waals surface area contributed by atoms with Gasteiger partial charge in [0.15, 0.2) is 5.92 Å². The predicted molar refractivity (Wildman–Crippen MR) is 31.7 cm³/mol. The van der Waals surface area contributed by atoms with Crippen molar-refractivity contribution >= 4 is 24.3 Å². The molecule has 54 valence electrons. The minimum atomic E-state index is -1.31. The SMILES string of the molecule is CC(C(=O)O)C(=O)O.Cl. The third kappa shape index (κ3) is 3.78. The lowest BCUT2D eigenvalue weighted by Crippen LogP contribution is -2.19. The molecule has 5 heteroatoms. The molecule has 0 saturated carbocycles. The van der Waals surface area contributed by atoms with Crippen molar-refractivity contribution in [1.29, 1.82) is 0 Å². The average Bonchev–Trinajstić information content (AvgIpc) is 1.64. The fourth-order valence-electron chi connectivity index (χ4n) is 0.106. The molecular formula is C4H7ClO4. The van der Waals surface area contributed by atoms with Crippen LogP contribution in [-0.2, 0) is 9.59 Å². The first-order valence-corrected chi connectivity index (χ1v) is 2.01. The fourth-order valence-corrected chi connectivity index (χ4v) is 0.106. The van der Waals surface area contributed by atoms with E-state index in [-0.39, 0.29) is 12.4 Å². The van der Waals surface area contributed by atoms with Crippen LogP contribution < -0.4 is 0 Å². The van der Waals surface area contributed by atoms with Crippen molar-refractivity contribution in [1.82, 2.24) is 0 Å². The molecule has 0 spiro atoms. The van der Waals surface area contributed by atoms with Crippen LogP contribution in [0.4, 0.5) is 0 Å². The van der Waals surface area contributed by atoms with Crippen LogP contribution in [0.15, 0.2) is 0 Å². The van der Waals surface area contributed by atoms with E-state index in [1.165, 1.54) is 0 Å². The van der Waals surface area contributed by atoms with Crippen LogP contribution in [0.25, 0.3) is 0 Å². The molecule has 0 bridgehead atoms. The zero-order valence-corrected chi connectivity index (χ0v) is 5.51. The number of aliphatic carboxylic acids is 2. The highest BCUT2D eigenvalue weighted by Crippen LogP contribution is 1.91. The molecule has 9 heavy (non-hydrogen) atoms. The number of hydrogen-bond donors (Lipinski definition) is 2. The highest BCUT2D eigenvalue weighted by atomic mass is 35.5. The fraction of sp³-hybridized carbons (Fsp3) is 0.500. The van der Waals surface area contributed by atoms with Crippen molar-refractivity contribution in [3.8, 4) is 0 Å². The maximum atomic E-state index is 9.76. The van der Waals surface area contributed by atoms with Gasteiger partial charge in [-0.25, -0.2) is 0 Å². The van der Waals surface area contributed by atoms with Crippen LogP contribution in [-0.4, -0.2) is 22.2 Å². The summed E-state index contributed by atoms with van der Waals surface area (Å²) in [5, 5.41) is 15.9. The number of halogens is 1. The van der Waals surface area contributed by atoms with E-state index in [1.54, 1.807) is 0 Å². The lowest BCUT2D eigenvalue weighted by molar-refractivity contribution is -0.153. The Labute approximate surface area is 57.9 Å². The number of carboxylic acids is 2. The van der Waals surface area contributed by atoms with Gasteiger partial charge in [0.05, 0.1) is 0 Å². The van der Waals surface area contributed by atoms with Gasteiger partial charge < -0.3 is 10.2 Å². The molecular weight excluding hydrogens is 147 g/mol. The van der Waals surface area contributed by atoms with E-state index < -0.39 is 17.9 Å². The molecule has 0 heterocycles. The first-order chi connectivity index (χ1) is 3.55. The van der Waals surface area contributed by atoms with Gasteiger partial charge >= 0.3 is 11.9 Å². The third-order valence-corrected chi connectivity index (χ3v) is 0.741. The van der Waals surface area contributed by atoms with Crippen molar-refractivity contribution in [3.05, 3.63) is 0 Å². The molecule has 2 N–H and O–H groups in total. The number of carboxylic acid groups (broad SMARTS) is 2. The van der Waals surface area contributed by atoms with Gasteiger partial charge in [0.1, 0.15) is 0 Å². The molecule has 0 radical (unpaired) electrons. The summed E-state index contributed by atoms with van der Waals surface area (Å²) >= 11 is 0. The molecule has 0 rings (SSSR count). The van der Waals surface area contributed by atoms with Crippen LogP contribution in [0.1, 0.15) is 6.92 Å². The summed E-state index contributed by atoms with van der Waals surface area (Å²) < 4.78 is 0. The van der Waals surface area contributed by atoms with Crippen LogP contribution in [0.3, 0.4) is 0 Å². The molecule has 0 fully saturated rings. The molecule has 0 aliphatic rings. The Morgan fingerprint density at radius 2 is 1.44 bits per heavy atom. The van der Waals surface area contributed by atoms with Crippen molar-refractivity contribution < 1.29 is 19.8 Å². The summed E-state index contributed by atoms with van der Waals surface area (Å²) in [6.45, 7) is 1.12. The highest BCUT2D eigenvalue weighted by Gasteiger charge is 2.18. The molecule has 0 saturated heterocycles. The van der Waals surface area contributed by atoms with Gasteiger partial charge in [-0.15, -0.1) is 12.4 Å². The maximum Gasteiger partial charge on any atom is 0.317 e. The predicted octanol–water partition coefficient (Wildman–Crippen LogP) is 0.213. The second kappa shape index (κ2) is 4.14. The molecule has 0 aromatic heterocycles.